The van der Waals surface area contributed by atoms with Crippen molar-refractivity contribution in [2.24, 2.45) is 10.9 Å². The Morgan fingerprint density at radius 3 is 1.91 bits per heavy atom. The minimum Gasteiger partial charge on any atom is -0.340 e. The normalized spacial score (nSPS) is 23.3. The number of carbonyl (C=O) groups is 1. The number of nitrogens with zero attached hydrogens (tertiary/aromatic N) is 5. The van der Waals surface area contributed by atoms with Crippen molar-refractivity contribution in [2.75, 3.05) is 39.3 Å². The summed E-state index contributed by atoms with van der Waals surface area (Å²) in [4.78, 5) is 25.1. The van der Waals surface area contributed by atoms with Crippen LogP contribution in [-0.4, -0.2) is 71.4 Å². The van der Waals surface area contributed by atoms with Crippen LogP contribution in [0.2, 0.25) is 0 Å². The van der Waals surface area contributed by atoms with E-state index in [0.717, 1.165) is 65.2 Å². The van der Waals surface area contributed by atoms with Crippen molar-refractivity contribution in [3.63, 3.8) is 0 Å². The number of benzene rings is 2. The molecule has 7 heteroatoms. The van der Waals surface area contributed by atoms with Crippen molar-refractivity contribution >= 4 is 11.9 Å². The maximum Gasteiger partial charge on any atom is 0.246 e. The Kier molecular flexibility index (Phi) is 6.61. The molecule has 3 aliphatic heterocycles. The first-order valence-electron chi connectivity index (χ1n) is 12.2. The Hall–Kier alpha value is -3.21. The van der Waals surface area contributed by atoms with Gasteiger partial charge < -0.3 is 4.90 Å². The summed E-state index contributed by atoms with van der Waals surface area (Å²) in [6, 6.07) is 23.2. The molecule has 2 aromatic carbocycles. The monoisotopic (exact) mass is 456 g/mol. The molecule has 2 fully saturated rings. The fraction of sp³-hybridized carbons (Fsp3) is 0.444. The van der Waals surface area contributed by atoms with Gasteiger partial charge in [0.15, 0.2) is 5.92 Å². The number of piperazine rings is 1. The first kappa shape index (κ1) is 22.6. The van der Waals surface area contributed by atoms with Gasteiger partial charge in [0.1, 0.15) is 0 Å². The lowest BCUT2D eigenvalue weighted by Crippen LogP contribution is -2.62. The summed E-state index contributed by atoms with van der Waals surface area (Å²) in [5, 5.41) is 12.8. The fourth-order valence-corrected chi connectivity index (χ4v) is 5.36. The SMILES string of the molecule is N#C[C@H]1C(=O)NC(N2CCN(Cc3ccccc3)CC2)=NC12CCN(Cc1ccccc1)CC2. The van der Waals surface area contributed by atoms with Gasteiger partial charge in [-0.15, -0.1) is 0 Å². The molecule has 34 heavy (non-hydrogen) atoms. The maximum atomic E-state index is 13.0. The first-order chi connectivity index (χ1) is 16.6. The van der Waals surface area contributed by atoms with Gasteiger partial charge in [-0.2, -0.15) is 5.26 Å². The number of amides is 1. The predicted octanol–water partition coefficient (Wildman–Crippen LogP) is 2.46. The zero-order valence-corrected chi connectivity index (χ0v) is 19.6. The second-order valence-corrected chi connectivity index (χ2v) is 9.60. The number of hydrogen-bond donors (Lipinski definition) is 1. The molecule has 7 nitrogen and oxygen atoms in total. The van der Waals surface area contributed by atoms with Crippen LogP contribution in [0.1, 0.15) is 24.0 Å². The molecule has 0 saturated carbocycles. The molecule has 0 aromatic heterocycles. The average Bonchev–Trinajstić information content (AvgIpc) is 2.87. The highest BCUT2D eigenvalue weighted by molar-refractivity contribution is 6.02. The third kappa shape index (κ3) is 4.84. The van der Waals surface area contributed by atoms with Crippen LogP contribution in [0.15, 0.2) is 65.7 Å². The highest BCUT2D eigenvalue weighted by atomic mass is 16.2. The molecule has 1 atom stereocenters. The molecular weight excluding hydrogens is 424 g/mol. The Balaban J connectivity index is 1.24. The van der Waals surface area contributed by atoms with E-state index in [-0.39, 0.29) is 5.91 Å². The van der Waals surface area contributed by atoms with Gasteiger partial charge in [-0.25, -0.2) is 4.99 Å². The molecule has 1 amide bonds. The molecular formula is C27H32N6O. The van der Waals surface area contributed by atoms with E-state index < -0.39 is 11.5 Å². The van der Waals surface area contributed by atoms with Crippen molar-refractivity contribution in [3.8, 4) is 6.07 Å². The summed E-state index contributed by atoms with van der Waals surface area (Å²) in [6.07, 6.45) is 1.45. The molecule has 2 aromatic rings. The summed E-state index contributed by atoms with van der Waals surface area (Å²) < 4.78 is 0. The summed E-state index contributed by atoms with van der Waals surface area (Å²) in [5.74, 6) is -0.266. The van der Waals surface area contributed by atoms with Crippen LogP contribution >= 0.6 is 0 Å². The second-order valence-electron chi connectivity index (χ2n) is 9.60. The summed E-state index contributed by atoms with van der Waals surface area (Å²) in [6.45, 7) is 6.97. The molecule has 5 rings (SSSR count). The van der Waals surface area contributed by atoms with Crippen molar-refractivity contribution in [1.29, 1.82) is 5.26 Å². The molecule has 1 N–H and O–H groups in total. The summed E-state index contributed by atoms with van der Waals surface area (Å²) >= 11 is 0. The fourth-order valence-electron chi connectivity index (χ4n) is 5.36. The van der Waals surface area contributed by atoms with E-state index in [2.05, 4.69) is 74.6 Å². The molecule has 2 saturated heterocycles. The number of guanidine groups is 1. The highest BCUT2D eigenvalue weighted by Crippen LogP contribution is 2.37. The van der Waals surface area contributed by atoms with E-state index in [1.807, 2.05) is 12.1 Å². The third-order valence-electron chi connectivity index (χ3n) is 7.38. The Bertz CT molecular complexity index is 1050. The molecule has 176 valence electrons. The van der Waals surface area contributed by atoms with E-state index in [4.69, 9.17) is 4.99 Å². The van der Waals surface area contributed by atoms with Crippen LogP contribution in [0, 0.1) is 17.2 Å². The number of piperidine rings is 1. The first-order valence-corrected chi connectivity index (χ1v) is 12.2. The van der Waals surface area contributed by atoms with Crippen LogP contribution in [0.3, 0.4) is 0 Å². The lowest BCUT2D eigenvalue weighted by atomic mass is 9.76. The molecule has 0 aliphatic carbocycles. The Labute approximate surface area is 201 Å². The number of aliphatic imine (C=N–C) groups is 1. The molecule has 3 heterocycles. The van der Waals surface area contributed by atoms with Crippen LogP contribution in [0.5, 0.6) is 0 Å². The topological polar surface area (TPSA) is 75.0 Å². The Morgan fingerprint density at radius 2 is 1.38 bits per heavy atom. The minimum absolute atomic E-state index is 0.198. The van der Waals surface area contributed by atoms with Gasteiger partial charge in [0.25, 0.3) is 0 Å². The molecule has 0 radical (unpaired) electrons. The van der Waals surface area contributed by atoms with Gasteiger partial charge in [-0.1, -0.05) is 60.7 Å². The number of nitrogens with one attached hydrogen (secondary N) is 1. The number of carbonyl (C=O) groups excluding carboxylic acids is 1. The molecule has 0 bridgehead atoms. The minimum atomic E-state index is -0.727. The maximum absolute atomic E-state index is 13.0. The standard InChI is InChI=1S/C27H32N6O/c28-19-24-25(34)29-26(33-17-15-32(16-18-33)21-23-9-5-2-6-10-23)30-27(24)11-13-31(14-12-27)20-22-7-3-1-4-8-22/h1-10,24H,11-18,20-21H2,(H,29,30,34)/t24-/m0/s1. The zero-order chi connectivity index (χ0) is 23.4. The number of hydrogen-bond acceptors (Lipinski definition) is 6. The largest absolute Gasteiger partial charge is 0.340 e. The highest BCUT2D eigenvalue weighted by Gasteiger charge is 2.49. The third-order valence-corrected chi connectivity index (χ3v) is 7.38. The van der Waals surface area contributed by atoms with Crippen molar-refractivity contribution in [1.82, 2.24) is 20.0 Å². The molecule has 1 spiro atoms. The van der Waals surface area contributed by atoms with Gasteiger partial charge in [0, 0.05) is 52.4 Å². The van der Waals surface area contributed by atoms with E-state index >= 15 is 0 Å². The summed E-state index contributed by atoms with van der Waals surface area (Å²) in [7, 11) is 0. The van der Waals surface area contributed by atoms with Gasteiger partial charge in [-0.05, 0) is 24.0 Å². The van der Waals surface area contributed by atoms with Crippen LogP contribution in [0.25, 0.3) is 0 Å². The average molecular weight is 457 g/mol. The molecule has 0 unspecified atom stereocenters. The van der Waals surface area contributed by atoms with Crippen molar-refractivity contribution in [2.45, 2.75) is 31.5 Å². The van der Waals surface area contributed by atoms with Gasteiger partial charge in [0.05, 0.1) is 11.6 Å². The van der Waals surface area contributed by atoms with E-state index in [0.29, 0.717) is 5.96 Å². The van der Waals surface area contributed by atoms with Crippen LogP contribution in [0.4, 0.5) is 0 Å². The van der Waals surface area contributed by atoms with Crippen LogP contribution in [-0.2, 0) is 17.9 Å². The van der Waals surface area contributed by atoms with Gasteiger partial charge >= 0.3 is 0 Å². The smallest absolute Gasteiger partial charge is 0.246 e. The number of nitriles is 1. The van der Waals surface area contributed by atoms with Crippen molar-refractivity contribution in [3.05, 3.63) is 71.8 Å². The lowest BCUT2D eigenvalue weighted by molar-refractivity contribution is -0.125. The molecule has 3 aliphatic rings. The van der Waals surface area contributed by atoms with E-state index in [9.17, 15) is 10.1 Å². The van der Waals surface area contributed by atoms with E-state index in [1.165, 1.54) is 11.1 Å². The van der Waals surface area contributed by atoms with Crippen LogP contribution < -0.4 is 5.32 Å². The lowest BCUT2D eigenvalue weighted by Gasteiger charge is -2.45. The summed E-state index contributed by atoms with van der Waals surface area (Å²) in [5.41, 5.74) is 1.98. The van der Waals surface area contributed by atoms with E-state index in [1.54, 1.807) is 0 Å². The second kappa shape index (κ2) is 9.96. The van der Waals surface area contributed by atoms with Crippen molar-refractivity contribution < 1.29 is 4.79 Å². The number of rotatable bonds is 4. The zero-order valence-electron chi connectivity index (χ0n) is 19.6. The predicted molar refractivity (Wildman–Crippen MR) is 132 cm³/mol. The quantitative estimate of drug-likeness (QED) is 0.765. The van der Waals surface area contributed by atoms with Gasteiger partial charge in [-0.3, -0.25) is 19.9 Å². The van der Waals surface area contributed by atoms with Gasteiger partial charge in [0.2, 0.25) is 11.9 Å². The number of likely N-dealkylation sites (tertiary alicyclic amines) is 1. The Morgan fingerprint density at radius 1 is 0.853 bits per heavy atom.